The zero-order valence-corrected chi connectivity index (χ0v) is 23.7. The molecule has 4 rings (SSSR count). The third-order valence-corrected chi connectivity index (χ3v) is 7.92. The van der Waals surface area contributed by atoms with Gasteiger partial charge in [-0.3, -0.25) is 9.69 Å². The van der Waals surface area contributed by atoms with Gasteiger partial charge in [0.15, 0.2) is 11.5 Å². The average molecular weight is 569 g/mol. The van der Waals surface area contributed by atoms with E-state index in [0.717, 1.165) is 25.7 Å². The van der Waals surface area contributed by atoms with Gasteiger partial charge in [-0.25, -0.2) is 13.8 Å². The number of carbonyl (C=O) groups excluding carboxylic acids is 1. The van der Waals surface area contributed by atoms with Gasteiger partial charge in [0.2, 0.25) is 11.9 Å². The number of aromatic nitrogens is 2. The fraction of sp³-hybridized carbons (Fsp3) is 0.667. The highest BCUT2D eigenvalue weighted by atomic mass is 35.5. The molecule has 0 spiro atoms. The molecule has 2 aromatic rings. The molecular formula is C27H39ClF2N6O3. The number of likely N-dealkylation sites (tertiary alicyclic amines) is 1. The Kier molecular flexibility index (Phi) is 9.87. The number of carbonyl (C=O) groups is 1. The van der Waals surface area contributed by atoms with Crippen LogP contribution in [0.25, 0.3) is 10.9 Å². The van der Waals surface area contributed by atoms with Crippen molar-refractivity contribution in [1.82, 2.24) is 20.2 Å². The van der Waals surface area contributed by atoms with Gasteiger partial charge in [0, 0.05) is 44.2 Å². The van der Waals surface area contributed by atoms with Crippen molar-refractivity contribution >= 4 is 40.2 Å². The Morgan fingerprint density at radius 1 is 1.15 bits per heavy atom. The molecule has 1 aliphatic heterocycles. The number of methoxy groups -OCH3 is 2. The minimum absolute atomic E-state index is 0.0891. The summed E-state index contributed by atoms with van der Waals surface area (Å²) in [6, 6.07) is 2.63. The molecule has 0 radical (unpaired) electrons. The lowest BCUT2D eigenvalue weighted by atomic mass is 9.91. The van der Waals surface area contributed by atoms with E-state index in [4.69, 9.17) is 21.1 Å². The second kappa shape index (κ2) is 13.1. The number of hydrogen-bond acceptors (Lipinski definition) is 8. The number of halogens is 3. The monoisotopic (exact) mass is 568 g/mol. The van der Waals surface area contributed by atoms with Crippen LogP contribution in [0.15, 0.2) is 12.1 Å². The Balaban J connectivity index is 1.58. The fourth-order valence-corrected chi connectivity index (χ4v) is 5.58. The normalized spacial score (nSPS) is 20.0. The number of benzene rings is 1. The van der Waals surface area contributed by atoms with E-state index in [1.807, 2.05) is 16.8 Å². The number of alkyl halides is 3. The number of amides is 1. The first kappa shape index (κ1) is 29.3. The molecule has 0 bridgehead atoms. The molecule has 1 saturated heterocycles. The highest BCUT2D eigenvalue weighted by Crippen LogP contribution is 2.38. The van der Waals surface area contributed by atoms with Gasteiger partial charge in [-0.1, -0.05) is 19.3 Å². The Morgan fingerprint density at radius 2 is 1.87 bits per heavy atom. The van der Waals surface area contributed by atoms with Gasteiger partial charge < -0.3 is 25.0 Å². The van der Waals surface area contributed by atoms with Crippen molar-refractivity contribution in [1.29, 1.82) is 0 Å². The van der Waals surface area contributed by atoms with E-state index >= 15 is 8.78 Å². The second-order valence-electron chi connectivity index (χ2n) is 10.4. The summed E-state index contributed by atoms with van der Waals surface area (Å²) in [5.74, 6) is -1.59. The van der Waals surface area contributed by atoms with Crippen LogP contribution in [0.4, 0.5) is 20.5 Å². The van der Waals surface area contributed by atoms with Crippen molar-refractivity contribution in [2.75, 3.05) is 63.5 Å². The number of nitrogens with one attached hydrogen (secondary N) is 2. The van der Waals surface area contributed by atoms with Crippen molar-refractivity contribution in [3.05, 3.63) is 12.1 Å². The Hall–Kier alpha value is -2.66. The van der Waals surface area contributed by atoms with Crippen LogP contribution in [0.1, 0.15) is 44.9 Å². The Labute approximate surface area is 233 Å². The fourth-order valence-electron chi connectivity index (χ4n) is 5.48. The van der Waals surface area contributed by atoms with Gasteiger partial charge in [0.05, 0.1) is 32.3 Å². The van der Waals surface area contributed by atoms with Crippen LogP contribution < -0.4 is 25.0 Å². The molecule has 1 aliphatic carbocycles. The van der Waals surface area contributed by atoms with Crippen LogP contribution in [0, 0.1) is 0 Å². The van der Waals surface area contributed by atoms with Crippen molar-refractivity contribution in [3.8, 4) is 11.5 Å². The number of hydrogen-bond donors (Lipinski definition) is 2. The highest BCUT2D eigenvalue weighted by Gasteiger charge is 2.46. The molecule has 216 valence electrons. The maximum atomic E-state index is 15.5. The van der Waals surface area contributed by atoms with E-state index in [1.54, 1.807) is 12.1 Å². The molecule has 1 aromatic heterocycles. The molecule has 2 N–H and O–H groups in total. The van der Waals surface area contributed by atoms with Crippen LogP contribution in [0.3, 0.4) is 0 Å². The zero-order valence-electron chi connectivity index (χ0n) is 22.9. The number of fused-ring (bicyclic) bond motifs is 1. The minimum atomic E-state index is -2.92. The van der Waals surface area contributed by atoms with E-state index in [9.17, 15) is 4.79 Å². The average Bonchev–Trinajstić information content (AvgIpc) is 2.95. The predicted octanol–water partition coefficient (Wildman–Crippen LogP) is 4.28. The smallest absolute Gasteiger partial charge is 0.280 e. The van der Waals surface area contributed by atoms with Crippen molar-refractivity contribution in [2.45, 2.75) is 63.0 Å². The van der Waals surface area contributed by atoms with Crippen LogP contribution in [0.2, 0.25) is 0 Å². The summed E-state index contributed by atoms with van der Waals surface area (Å²) in [6.45, 7) is 1.36. The molecule has 2 aliphatic rings. The number of rotatable bonds is 11. The summed E-state index contributed by atoms with van der Waals surface area (Å²) in [5.41, 5.74) is 0.547. The van der Waals surface area contributed by atoms with Gasteiger partial charge in [-0.15, -0.1) is 11.6 Å². The Bertz CT molecular complexity index is 1130. The molecule has 39 heavy (non-hydrogen) atoms. The number of nitrogens with zero attached hydrogens (tertiary/aromatic N) is 4. The second-order valence-corrected chi connectivity index (χ2v) is 10.6. The summed E-state index contributed by atoms with van der Waals surface area (Å²) >= 11 is 5.53. The van der Waals surface area contributed by atoms with Crippen molar-refractivity contribution < 1.29 is 23.0 Å². The first-order chi connectivity index (χ1) is 18.7. The van der Waals surface area contributed by atoms with E-state index in [1.165, 1.54) is 20.6 Å². The van der Waals surface area contributed by atoms with Crippen molar-refractivity contribution in [3.63, 3.8) is 0 Å². The van der Waals surface area contributed by atoms with Crippen LogP contribution in [0.5, 0.6) is 11.5 Å². The number of ether oxygens (including phenoxy) is 2. The molecule has 2 heterocycles. The zero-order chi connectivity index (χ0) is 28.0. The van der Waals surface area contributed by atoms with E-state index in [0.29, 0.717) is 66.6 Å². The standard InChI is InChI=1S/C27H39ClF2N6O3/c1-35(12-7-11-31-24(37)16-28)26-32-20-15-22(39-3)21(38-2)14-19(20)25(34-26)33-23-10-13-36(17-27(23,29)30)18-8-5-4-6-9-18/h14-15,18,23H,4-13,16-17H2,1-3H3,(H,31,37)(H,32,33,34). The SMILES string of the molecule is COc1cc2nc(N(C)CCCNC(=O)CCl)nc(NC3CCN(C4CCCCC4)CC3(F)F)c2cc1OC. The molecule has 1 amide bonds. The minimum Gasteiger partial charge on any atom is -0.493 e. The number of anilines is 2. The topological polar surface area (TPSA) is 91.8 Å². The third-order valence-electron chi connectivity index (χ3n) is 7.68. The van der Waals surface area contributed by atoms with Crippen molar-refractivity contribution in [2.24, 2.45) is 0 Å². The van der Waals surface area contributed by atoms with Crippen LogP contribution in [-0.2, 0) is 4.79 Å². The number of piperidine rings is 1. The Morgan fingerprint density at radius 3 is 2.54 bits per heavy atom. The highest BCUT2D eigenvalue weighted by molar-refractivity contribution is 6.27. The first-order valence-corrected chi connectivity index (χ1v) is 14.1. The van der Waals surface area contributed by atoms with Gasteiger partial charge in [-0.2, -0.15) is 4.98 Å². The molecule has 1 saturated carbocycles. The lowest BCUT2D eigenvalue weighted by Crippen LogP contribution is -2.57. The first-order valence-electron chi connectivity index (χ1n) is 13.6. The largest absolute Gasteiger partial charge is 0.493 e. The van der Waals surface area contributed by atoms with E-state index in [-0.39, 0.29) is 24.4 Å². The van der Waals surface area contributed by atoms with Gasteiger partial charge in [0.1, 0.15) is 11.7 Å². The van der Waals surface area contributed by atoms with Gasteiger partial charge >= 0.3 is 0 Å². The predicted molar refractivity (Wildman–Crippen MR) is 150 cm³/mol. The lowest BCUT2D eigenvalue weighted by molar-refractivity contribution is -0.118. The van der Waals surface area contributed by atoms with Crippen LogP contribution in [-0.4, -0.2) is 92.1 Å². The maximum absolute atomic E-state index is 15.5. The third kappa shape index (κ3) is 7.11. The molecule has 9 nitrogen and oxygen atoms in total. The molecule has 1 unspecified atom stereocenters. The molecule has 2 fully saturated rings. The quantitative estimate of drug-likeness (QED) is 0.307. The summed E-state index contributed by atoms with van der Waals surface area (Å²) in [7, 11) is 4.89. The molecule has 1 atom stereocenters. The van der Waals surface area contributed by atoms with Gasteiger partial charge in [-0.05, 0) is 31.7 Å². The summed E-state index contributed by atoms with van der Waals surface area (Å²) < 4.78 is 42.0. The summed E-state index contributed by atoms with van der Waals surface area (Å²) in [5, 5.41) is 6.39. The molecular weight excluding hydrogens is 530 g/mol. The van der Waals surface area contributed by atoms with Gasteiger partial charge in [0.25, 0.3) is 5.92 Å². The maximum Gasteiger partial charge on any atom is 0.280 e. The molecule has 12 heteroatoms. The van der Waals surface area contributed by atoms with E-state index < -0.39 is 12.0 Å². The summed E-state index contributed by atoms with van der Waals surface area (Å²) in [4.78, 5) is 24.6. The summed E-state index contributed by atoms with van der Waals surface area (Å²) in [6.07, 6.45) is 6.36. The molecule has 1 aromatic carbocycles. The lowest BCUT2D eigenvalue weighted by Gasteiger charge is -2.43. The van der Waals surface area contributed by atoms with Crippen LogP contribution >= 0.6 is 11.6 Å². The van der Waals surface area contributed by atoms with E-state index in [2.05, 4.69) is 20.6 Å².